The Balaban J connectivity index is 3.46. The molecule has 0 radical (unpaired) electrons. The molecule has 0 aliphatic rings. The van der Waals surface area contributed by atoms with Crippen LogP contribution < -0.4 is 5.32 Å². The van der Waals surface area contributed by atoms with E-state index >= 15 is 0 Å². The van der Waals surface area contributed by atoms with Crippen LogP contribution >= 0.6 is 0 Å². The van der Waals surface area contributed by atoms with Crippen molar-refractivity contribution in [1.82, 2.24) is 5.32 Å². The number of rotatable bonds is 57. The second-order valence-corrected chi connectivity index (χ2v) is 21.3. The summed E-state index contributed by atoms with van der Waals surface area (Å²) in [6, 6.07) is -0.820. The first-order chi connectivity index (χ1) is 33.6. The summed E-state index contributed by atoms with van der Waals surface area (Å²) in [5, 5.41) is 33.3. The lowest BCUT2D eigenvalue weighted by Gasteiger charge is -2.21. The highest BCUT2D eigenvalue weighted by Crippen LogP contribution is 2.18. The van der Waals surface area contributed by atoms with Crippen molar-refractivity contribution in [2.75, 3.05) is 6.61 Å². The zero-order valence-corrected chi connectivity index (χ0v) is 46.0. The quantitative estimate of drug-likeness (QED) is 0.0361. The van der Waals surface area contributed by atoms with Gasteiger partial charge in [0.15, 0.2) is 0 Å². The van der Waals surface area contributed by atoms with Gasteiger partial charge < -0.3 is 20.6 Å². The molecule has 0 saturated heterocycles. The lowest BCUT2D eigenvalue weighted by Crippen LogP contribution is -2.48. The first-order valence-electron chi connectivity index (χ1n) is 30.8. The third-order valence-electron chi connectivity index (χ3n) is 14.5. The first kappa shape index (κ1) is 66.6. The molecule has 402 valence electrons. The Morgan fingerprint density at radius 1 is 0.353 bits per heavy atom. The van der Waals surface area contributed by atoms with Crippen LogP contribution in [0, 0.1) is 0 Å². The summed E-state index contributed by atoms with van der Waals surface area (Å²) in [4.78, 5) is 12.5. The van der Waals surface area contributed by atoms with E-state index in [2.05, 4.69) is 43.5 Å². The monoisotopic (exact) mass is 956 g/mol. The summed E-state index contributed by atoms with van der Waals surface area (Å²) in [5.41, 5.74) is 0. The number of hydrogen-bond acceptors (Lipinski definition) is 4. The van der Waals surface area contributed by atoms with Gasteiger partial charge in [0.1, 0.15) is 6.10 Å². The lowest BCUT2D eigenvalue weighted by atomic mass is 10.0. The van der Waals surface area contributed by atoms with Crippen LogP contribution in [-0.4, -0.2) is 46.1 Å². The van der Waals surface area contributed by atoms with E-state index in [-0.39, 0.29) is 6.61 Å². The van der Waals surface area contributed by atoms with Gasteiger partial charge in [0.25, 0.3) is 0 Å². The van der Waals surface area contributed by atoms with Gasteiger partial charge in [0.2, 0.25) is 5.91 Å². The van der Waals surface area contributed by atoms with Gasteiger partial charge in [-0.05, 0) is 44.9 Å². The molecule has 0 saturated carbocycles. The molecule has 68 heavy (non-hydrogen) atoms. The molecule has 0 aliphatic carbocycles. The maximum atomic E-state index is 12.5. The summed E-state index contributed by atoms with van der Waals surface area (Å²) in [5.74, 6) is -0.512. The van der Waals surface area contributed by atoms with Crippen LogP contribution in [0.3, 0.4) is 0 Å². The van der Waals surface area contributed by atoms with E-state index in [0.29, 0.717) is 6.42 Å². The van der Waals surface area contributed by atoms with Gasteiger partial charge >= 0.3 is 0 Å². The van der Waals surface area contributed by atoms with Crippen molar-refractivity contribution >= 4 is 5.91 Å². The lowest BCUT2D eigenvalue weighted by molar-refractivity contribution is -0.131. The molecule has 3 atom stereocenters. The molecule has 5 heteroatoms. The van der Waals surface area contributed by atoms with E-state index in [1.165, 1.54) is 270 Å². The second-order valence-electron chi connectivity index (χ2n) is 21.3. The van der Waals surface area contributed by atoms with Crippen LogP contribution in [0.25, 0.3) is 0 Å². The van der Waals surface area contributed by atoms with Crippen molar-refractivity contribution in [2.24, 2.45) is 0 Å². The largest absolute Gasteiger partial charge is 0.394 e. The summed E-state index contributed by atoms with van der Waals surface area (Å²) in [7, 11) is 0. The van der Waals surface area contributed by atoms with Crippen molar-refractivity contribution in [3.05, 3.63) is 36.5 Å². The number of carbonyl (C=O) groups is 1. The van der Waals surface area contributed by atoms with Gasteiger partial charge in [-0.15, -0.1) is 0 Å². The molecule has 5 nitrogen and oxygen atoms in total. The molecule has 0 rings (SSSR count). The number of aliphatic hydroxyl groups is 3. The molecule has 4 N–H and O–H groups in total. The minimum absolute atomic E-state index is 0.379. The maximum absolute atomic E-state index is 12.5. The Kier molecular flexibility index (Phi) is 56.9. The molecule has 0 fully saturated rings. The predicted molar refractivity (Wildman–Crippen MR) is 301 cm³/mol. The van der Waals surface area contributed by atoms with E-state index in [0.717, 1.165) is 44.9 Å². The van der Waals surface area contributed by atoms with Crippen LogP contribution in [0.4, 0.5) is 0 Å². The van der Waals surface area contributed by atoms with E-state index in [4.69, 9.17) is 0 Å². The molecule has 0 aliphatic heterocycles. The number of amides is 1. The fourth-order valence-corrected chi connectivity index (χ4v) is 9.69. The van der Waals surface area contributed by atoms with E-state index < -0.39 is 24.2 Å². The van der Waals surface area contributed by atoms with Gasteiger partial charge in [-0.25, -0.2) is 0 Å². The number of nitrogens with one attached hydrogen (secondary N) is 1. The maximum Gasteiger partial charge on any atom is 0.249 e. The minimum atomic E-state index is -1.11. The van der Waals surface area contributed by atoms with Crippen molar-refractivity contribution in [3.8, 4) is 0 Å². The summed E-state index contributed by atoms with van der Waals surface area (Å²) in [6.07, 6.45) is 77.0. The Morgan fingerprint density at radius 3 is 0.897 bits per heavy atom. The van der Waals surface area contributed by atoms with Crippen molar-refractivity contribution in [3.63, 3.8) is 0 Å². The standard InChI is InChI=1S/C63H121NO4/c1-3-5-7-9-11-13-15-17-19-21-22-23-24-25-26-27-28-29-30-31-32-33-34-35-36-37-38-39-40-41-42-44-46-48-50-52-54-56-58-62(67)63(68)64-60(59-65)61(66)57-55-53-51-49-47-45-43-20-18-16-14-12-10-8-6-4-2/h18,20,47,49,55,57,60-62,65-67H,3-17,19,21-46,48,50-54,56,58-59H2,1-2H3,(H,64,68)/b20-18+,49-47+,57-55+. The van der Waals surface area contributed by atoms with Crippen LogP contribution in [0.5, 0.6) is 0 Å². The topological polar surface area (TPSA) is 89.8 Å². The number of unbranched alkanes of at least 4 members (excludes halogenated alkanes) is 45. The normalized spacial score (nSPS) is 13.4. The smallest absolute Gasteiger partial charge is 0.249 e. The number of carbonyl (C=O) groups excluding carboxylic acids is 1. The Labute approximate surface area is 425 Å². The minimum Gasteiger partial charge on any atom is -0.394 e. The molecule has 0 heterocycles. The van der Waals surface area contributed by atoms with Gasteiger partial charge in [0.05, 0.1) is 18.8 Å². The van der Waals surface area contributed by atoms with E-state index in [1.54, 1.807) is 6.08 Å². The molecule has 0 aromatic heterocycles. The second kappa shape index (κ2) is 58.1. The van der Waals surface area contributed by atoms with Crippen molar-refractivity contribution in [1.29, 1.82) is 0 Å². The van der Waals surface area contributed by atoms with Gasteiger partial charge in [0, 0.05) is 0 Å². The molecule has 3 unspecified atom stereocenters. The molecule has 0 aromatic rings. The average Bonchev–Trinajstić information content (AvgIpc) is 3.34. The number of allylic oxidation sites excluding steroid dienone is 5. The summed E-state index contributed by atoms with van der Waals surface area (Å²) >= 11 is 0. The highest BCUT2D eigenvalue weighted by Gasteiger charge is 2.22. The van der Waals surface area contributed by atoms with Crippen molar-refractivity contribution in [2.45, 2.75) is 353 Å². The number of aliphatic hydroxyl groups excluding tert-OH is 3. The highest BCUT2D eigenvalue weighted by molar-refractivity contribution is 5.80. The molecular weight excluding hydrogens is 835 g/mol. The molecule has 0 bridgehead atoms. The molecule has 1 amide bonds. The Hall–Kier alpha value is -1.43. The first-order valence-corrected chi connectivity index (χ1v) is 30.8. The Bertz CT molecular complexity index is 1060. The third kappa shape index (κ3) is 52.4. The summed E-state index contributed by atoms with van der Waals surface area (Å²) < 4.78 is 0. The summed E-state index contributed by atoms with van der Waals surface area (Å²) in [6.45, 7) is 4.18. The van der Waals surface area contributed by atoms with E-state index in [1.807, 2.05) is 6.08 Å². The zero-order chi connectivity index (χ0) is 49.3. The van der Waals surface area contributed by atoms with Crippen LogP contribution in [0.15, 0.2) is 36.5 Å². The van der Waals surface area contributed by atoms with Gasteiger partial charge in [-0.3, -0.25) is 4.79 Å². The van der Waals surface area contributed by atoms with Crippen LogP contribution in [-0.2, 0) is 4.79 Å². The third-order valence-corrected chi connectivity index (χ3v) is 14.5. The molecular formula is C63H121NO4. The fourth-order valence-electron chi connectivity index (χ4n) is 9.69. The Morgan fingerprint density at radius 2 is 0.603 bits per heavy atom. The molecule has 0 aromatic carbocycles. The number of hydrogen-bond donors (Lipinski definition) is 4. The highest BCUT2D eigenvalue weighted by atomic mass is 16.3. The van der Waals surface area contributed by atoms with Gasteiger partial charge in [-0.2, -0.15) is 0 Å². The van der Waals surface area contributed by atoms with Crippen LogP contribution in [0.2, 0.25) is 0 Å². The predicted octanol–water partition coefficient (Wildman–Crippen LogP) is 19.4. The fraction of sp³-hybridized carbons (Fsp3) is 0.889. The molecule has 0 spiro atoms. The zero-order valence-electron chi connectivity index (χ0n) is 46.0. The average molecular weight is 957 g/mol. The van der Waals surface area contributed by atoms with Crippen LogP contribution in [0.1, 0.15) is 335 Å². The van der Waals surface area contributed by atoms with Gasteiger partial charge in [-0.1, -0.05) is 326 Å². The van der Waals surface area contributed by atoms with E-state index in [9.17, 15) is 20.1 Å². The SMILES string of the molecule is CCCCCCCC/C=C/CC/C=C/CC/C=C/C(O)C(CO)NC(=O)C(O)CCCCCCCCCCCCCCCCCCCCCCCCCCCCCCCCCCCCCCCC. The van der Waals surface area contributed by atoms with Crippen molar-refractivity contribution < 1.29 is 20.1 Å².